The van der Waals surface area contributed by atoms with Crippen LogP contribution in [0, 0.1) is 0 Å². The zero-order chi connectivity index (χ0) is 15.9. The fraction of sp³-hybridized carbons (Fsp3) is 0.455. The van der Waals surface area contributed by atoms with Crippen LogP contribution in [-0.2, 0) is 18.9 Å². The maximum atomic E-state index is 12.0. The van der Waals surface area contributed by atoms with E-state index in [0.29, 0.717) is 22.5 Å². The normalized spacial score (nSPS) is 17.9. The van der Waals surface area contributed by atoms with E-state index in [1.165, 1.54) is 30.0 Å². The molecule has 11 heteroatoms. The molecule has 0 radical (unpaired) electrons. The monoisotopic (exact) mass is 342 g/mol. The molecule has 8 nitrogen and oxygen atoms in total. The predicted molar refractivity (Wildman–Crippen MR) is 84.2 cm³/mol. The van der Waals surface area contributed by atoms with E-state index in [2.05, 4.69) is 15.5 Å². The second-order valence-corrected chi connectivity index (χ2v) is 6.62. The summed E-state index contributed by atoms with van der Waals surface area (Å²) in [5, 5.41) is 10.7. The number of anilines is 1. The first-order valence-corrected chi connectivity index (χ1v) is 8.30. The number of amides is 1. The van der Waals surface area contributed by atoms with Crippen LogP contribution >= 0.6 is 23.1 Å². The zero-order valence-electron chi connectivity index (χ0n) is 11.9. The number of nitrogens with zero attached hydrogens (tertiary/aromatic N) is 2. The number of hydrogen-bond acceptors (Lipinski definition) is 9. The zero-order valence-corrected chi connectivity index (χ0v) is 13.5. The highest BCUT2D eigenvalue weighted by Crippen LogP contribution is 2.23. The van der Waals surface area contributed by atoms with Crippen molar-refractivity contribution in [1.29, 1.82) is 0 Å². The highest BCUT2D eigenvalue weighted by molar-refractivity contribution is 8.01. The summed E-state index contributed by atoms with van der Waals surface area (Å²) in [4.78, 5) is 23.1. The molecule has 0 unspecified atom stereocenters. The van der Waals surface area contributed by atoms with Gasteiger partial charge in [-0.2, -0.15) is 0 Å². The highest BCUT2D eigenvalue weighted by atomic mass is 32.2. The number of carbonyl (C=O) groups excluding carboxylic acids is 2. The second kappa shape index (κ2) is 8.15. The third kappa shape index (κ3) is 5.32. The maximum absolute atomic E-state index is 12.0. The Labute approximate surface area is 136 Å². The van der Waals surface area contributed by atoms with Crippen LogP contribution in [0.15, 0.2) is 16.5 Å². The Morgan fingerprint density at radius 2 is 2.41 bits per heavy atom. The van der Waals surface area contributed by atoms with E-state index in [-0.39, 0.29) is 11.7 Å². The Morgan fingerprint density at radius 1 is 1.59 bits per heavy atom. The number of nitrogens with two attached hydrogens (primary N) is 1. The van der Waals surface area contributed by atoms with E-state index >= 15 is 0 Å². The standard InChI is InChI=1S/C11H15BN4O4S2/c1-7(17)20-12-8(4-2-3-5-19-12)14-9(18)6-21-11-16-15-10(13)22-11/h2-3,8H,4-6H2,1H3,(H2,13,15)(H,14,18)/t8-/m0/s1. The Bertz CT molecular complexity index is 568. The van der Waals surface area contributed by atoms with Gasteiger partial charge in [0.05, 0.1) is 18.3 Å². The molecule has 1 aromatic heterocycles. The minimum atomic E-state index is -0.793. The van der Waals surface area contributed by atoms with Gasteiger partial charge in [0.2, 0.25) is 11.0 Å². The van der Waals surface area contributed by atoms with Crippen LogP contribution in [-0.4, -0.2) is 47.5 Å². The minimum Gasteiger partial charge on any atom is -0.508 e. The number of nitrogens with one attached hydrogen (secondary N) is 1. The molecule has 0 bridgehead atoms. The molecular formula is C11H15BN4O4S2. The topological polar surface area (TPSA) is 116 Å². The predicted octanol–water partition coefficient (Wildman–Crippen LogP) is 0.264. The number of aromatic nitrogens is 2. The average molecular weight is 342 g/mol. The van der Waals surface area contributed by atoms with E-state index in [1.54, 1.807) is 0 Å². The molecule has 0 aliphatic carbocycles. The van der Waals surface area contributed by atoms with Crippen molar-refractivity contribution in [2.24, 2.45) is 0 Å². The van der Waals surface area contributed by atoms with Crippen molar-refractivity contribution < 1.29 is 18.9 Å². The molecule has 1 amide bonds. The van der Waals surface area contributed by atoms with Crippen molar-refractivity contribution in [2.45, 2.75) is 23.6 Å². The van der Waals surface area contributed by atoms with Gasteiger partial charge in [0.25, 0.3) is 5.97 Å². The van der Waals surface area contributed by atoms with E-state index in [9.17, 15) is 9.59 Å². The van der Waals surface area contributed by atoms with Crippen LogP contribution in [0.3, 0.4) is 0 Å². The highest BCUT2D eigenvalue weighted by Gasteiger charge is 2.34. The third-order valence-electron chi connectivity index (χ3n) is 2.62. The van der Waals surface area contributed by atoms with Crippen LogP contribution in [0.5, 0.6) is 0 Å². The number of carbonyl (C=O) groups is 2. The molecule has 0 aromatic carbocycles. The van der Waals surface area contributed by atoms with E-state index < -0.39 is 19.0 Å². The van der Waals surface area contributed by atoms with Crippen LogP contribution in [0.4, 0.5) is 5.13 Å². The quantitative estimate of drug-likeness (QED) is 0.445. The van der Waals surface area contributed by atoms with Crippen molar-refractivity contribution >= 4 is 47.2 Å². The van der Waals surface area contributed by atoms with Gasteiger partial charge >= 0.3 is 7.12 Å². The summed E-state index contributed by atoms with van der Waals surface area (Å²) in [6.07, 6.45) is 4.23. The largest absolute Gasteiger partial charge is 0.551 e. The van der Waals surface area contributed by atoms with Crippen molar-refractivity contribution in [2.75, 3.05) is 18.1 Å². The molecule has 118 valence electrons. The Morgan fingerprint density at radius 3 is 3.09 bits per heavy atom. The summed E-state index contributed by atoms with van der Waals surface area (Å²) >= 11 is 2.47. The Balaban J connectivity index is 1.86. The Hall–Kier alpha value is -1.59. The molecule has 1 atom stereocenters. The first kappa shape index (κ1) is 16.8. The van der Waals surface area contributed by atoms with Gasteiger partial charge in [0.1, 0.15) is 0 Å². The molecule has 1 aliphatic heterocycles. The molecular weight excluding hydrogens is 327 g/mol. The van der Waals surface area contributed by atoms with Gasteiger partial charge in [0.15, 0.2) is 4.34 Å². The van der Waals surface area contributed by atoms with Gasteiger partial charge in [0, 0.05) is 6.92 Å². The van der Waals surface area contributed by atoms with Gasteiger partial charge in [-0.3, -0.25) is 9.59 Å². The van der Waals surface area contributed by atoms with Crippen molar-refractivity contribution in [1.82, 2.24) is 15.5 Å². The van der Waals surface area contributed by atoms with Crippen molar-refractivity contribution in [3.05, 3.63) is 12.2 Å². The van der Waals surface area contributed by atoms with E-state index in [0.717, 1.165) is 0 Å². The summed E-state index contributed by atoms with van der Waals surface area (Å²) in [7, 11) is -0.793. The number of thioether (sulfide) groups is 1. The number of nitrogen functional groups attached to an aromatic ring is 1. The first-order chi connectivity index (χ1) is 10.5. The summed E-state index contributed by atoms with van der Waals surface area (Å²) in [5.74, 6) is -0.915. The molecule has 0 saturated carbocycles. The SMILES string of the molecule is CC(=O)OB1OCC=CC[C@@H]1NC(=O)CSc1nnc(N)s1. The molecule has 22 heavy (non-hydrogen) atoms. The molecule has 0 fully saturated rings. The fourth-order valence-corrected chi connectivity index (χ4v) is 3.20. The summed E-state index contributed by atoms with van der Waals surface area (Å²) in [6.45, 7) is 1.64. The smallest absolute Gasteiger partial charge is 0.508 e. The molecule has 1 aromatic rings. The minimum absolute atomic E-state index is 0.168. The van der Waals surface area contributed by atoms with Gasteiger partial charge in [-0.1, -0.05) is 35.3 Å². The van der Waals surface area contributed by atoms with Gasteiger partial charge in [-0.05, 0) is 6.42 Å². The second-order valence-electron chi connectivity index (χ2n) is 4.39. The third-order valence-corrected chi connectivity index (χ3v) is 4.50. The van der Waals surface area contributed by atoms with Crippen molar-refractivity contribution in [3.63, 3.8) is 0 Å². The summed E-state index contributed by atoms with van der Waals surface area (Å²) in [5.41, 5.74) is 5.47. The molecule has 2 rings (SSSR count). The van der Waals surface area contributed by atoms with Crippen molar-refractivity contribution in [3.8, 4) is 0 Å². The maximum Gasteiger partial charge on any atom is 0.551 e. The lowest BCUT2D eigenvalue weighted by Crippen LogP contribution is -2.49. The number of rotatable bonds is 5. The molecule has 0 saturated heterocycles. The lowest BCUT2D eigenvalue weighted by Gasteiger charge is -2.20. The lowest BCUT2D eigenvalue weighted by molar-refractivity contribution is -0.134. The average Bonchev–Trinajstić information content (AvgIpc) is 2.76. The first-order valence-electron chi connectivity index (χ1n) is 6.49. The van der Waals surface area contributed by atoms with Crippen LogP contribution in [0.1, 0.15) is 13.3 Å². The number of hydrogen-bond donors (Lipinski definition) is 2. The summed E-state index contributed by atoms with van der Waals surface area (Å²) < 4.78 is 11.1. The summed E-state index contributed by atoms with van der Waals surface area (Å²) in [6, 6.07) is 0. The van der Waals surface area contributed by atoms with Gasteiger partial charge in [-0.25, -0.2) is 0 Å². The van der Waals surface area contributed by atoms with Crippen LogP contribution in [0.2, 0.25) is 0 Å². The Kier molecular flexibility index (Phi) is 6.22. The van der Waals surface area contributed by atoms with Gasteiger partial charge < -0.3 is 20.4 Å². The molecule has 0 spiro atoms. The van der Waals surface area contributed by atoms with Crippen LogP contribution < -0.4 is 11.1 Å². The molecule has 3 N–H and O–H groups in total. The van der Waals surface area contributed by atoms with E-state index in [1.807, 2.05) is 12.2 Å². The lowest BCUT2D eigenvalue weighted by atomic mass is 9.76. The molecule has 2 heterocycles. The fourth-order valence-electron chi connectivity index (χ4n) is 1.75. The van der Waals surface area contributed by atoms with E-state index in [4.69, 9.17) is 15.0 Å². The van der Waals surface area contributed by atoms with Crippen LogP contribution in [0.25, 0.3) is 0 Å². The van der Waals surface area contributed by atoms with Gasteiger partial charge in [-0.15, -0.1) is 10.2 Å². The molecule has 1 aliphatic rings.